The van der Waals surface area contributed by atoms with Gasteiger partial charge in [-0.15, -0.1) is 0 Å². The zero-order chi connectivity index (χ0) is 10.1. The Labute approximate surface area is 83.5 Å². The molecule has 2 nitrogen and oxygen atoms in total. The van der Waals surface area contributed by atoms with Crippen LogP contribution in [-0.4, -0.2) is 8.76 Å². The number of aryl methyl sites for hydroxylation is 2. The summed E-state index contributed by atoms with van der Waals surface area (Å²) < 4.78 is 20.7. The van der Waals surface area contributed by atoms with E-state index >= 15 is 0 Å². The molecule has 0 amide bonds. The molecule has 1 N–H and O–H groups in total. The highest BCUT2D eigenvalue weighted by molar-refractivity contribution is 8.29. The SMILES string of the molecule is CCc1cccc(C)c1S(=O)(O)=S. The van der Waals surface area contributed by atoms with Crippen LogP contribution in [0.15, 0.2) is 23.1 Å². The Bertz CT molecular complexity index is 408. The van der Waals surface area contributed by atoms with Crippen molar-refractivity contribution in [2.45, 2.75) is 25.2 Å². The van der Waals surface area contributed by atoms with Crippen molar-refractivity contribution in [1.82, 2.24) is 0 Å². The van der Waals surface area contributed by atoms with Crippen LogP contribution in [0.4, 0.5) is 0 Å². The summed E-state index contributed by atoms with van der Waals surface area (Å²) in [5.74, 6) is 0. The smallest absolute Gasteiger partial charge is 0.171 e. The fraction of sp³-hybridized carbons (Fsp3) is 0.333. The lowest BCUT2D eigenvalue weighted by atomic mass is 10.1. The summed E-state index contributed by atoms with van der Waals surface area (Å²) in [6.45, 7) is 3.75. The van der Waals surface area contributed by atoms with Gasteiger partial charge in [-0.3, -0.25) is 0 Å². The molecule has 0 bridgehead atoms. The quantitative estimate of drug-likeness (QED) is 0.823. The van der Waals surface area contributed by atoms with Crippen molar-refractivity contribution in [3.63, 3.8) is 0 Å². The number of benzene rings is 1. The van der Waals surface area contributed by atoms with Gasteiger partial charge in [-0.2, -0.15) is 0 Å². The summed E-state index contributed by atoms with van der Waals surface area (Å²) in [6, 6.07) is 5.51. The van der Waals surface area contributed by atoms with E-state index in [1.54, 1.807) is 13.0 Å². The Kier molecular flexibility index (Phi) is 3.05. The minimum atomic E-state index is -3.24. The number of hydrogen-bond acceptors (Lipinski definition) is 2. The van der Waals surface area contributed by atoms with Gasteiger partial charge in [0.05, 0.1) is 4.90 Å². The Morgan fingerprint density at radius 1 is 1.54 bits per heavy atom. The normalized spacial score (nSPS) is 15.3. The van der Waals surface area contributed by atoms with E-state index in [0.717, 1.165) is 17.5 Å². The predicted octanol–water partition coefficient (Wildman–Crippen LogP) is 2.14. The van der Waals surface area contributed by atoms with Crippen molar-refractivity contribution in [2.24, 2.45) is 0 Å². The zero-order valence-corrected chi connectivity index (χ0v) is 9.24. The highest BCUT2D eigenvalue weighted by Crippen LogP contribution is 2.20. The second-order valence-electron chi connectivity index (χ2n) is 2.89. The van der Waals surface area contributed by atoms with E-state index in [1.165, 1.54) is 0 Å². The third kappa shape index (κ3) is 2.27. The van der Waals surface area contributed by atoms with Crippen molar-refractivity contribution in [2.75, 3.05) is 0 Å². The molecule has 4 heteroatoms. The average Bonchev–Trinajstić information content (AvgIpc) is 2.01. The molecule has 72 valence electrons. The van der Waals surface area contributed by atoms with Crippen molar-refractivity contribution < 1.29 is 8.76 Å². The van der Waals surface area contributed by atoms with Crippen molar-refractivity contribution >= 4 is 20.0 Å². The Morgan fingerprint density at radius 2 is 2.15 bits per heavy atom. The topological polar surface area (TPSA) is 37.3 Å². The van der Waals surface area contributed by atoms with Crippen LogP contribution in [0, 0.1) is 6.92 Å². The van der Waals surface area contributed by atoms with Gasteiger partial charge in [0.1, 0.15) is 0 Å². The average molecular weight is 216 g/mol. The van der Waals surface area contributed by atoms with Gasteiger partial charge in [0.2, 0.25) is 0 Å². The van der Waals surface area contributed by atoms with E-state index in [-0.39, 0.29) is 0 Å². The van der Waals surface area contributed by atoms with Gasteiger partial charge in [0.15, 0.2) is 8.77 Å². The van der Waals surface area contributed by atoms with E-state index in [1.807, 2.05) is 19.1 Å². The summed E-state index contributed by atoms with van der Waals surface area (Å²) in [5, 5.41) is 0. The van der Waals surface area contributed by atoms with Crippen LogP contribution in [0.2, 0.25) is 0 Å². The van der Waals surface area contributed by atoms with Crippen LogP contribution in [0.1, 0.15) is 18.1 Å². The highest BCUT2D eigenvalue weighted by Gasteiger charge is 2.12. The fourth-order valence-electron chi connectivity index (χ4n) is 1.36. The monoisotopic (exact) mass is 216 g/mol. The first-order chi connectivity index (χ1) is 5.96. The number of hydrogen-bond donors (Lipinski definition) is 1. The standard InChI is InChI=1S/C9H12O2S2/c1-3-8-6-4-5-7(2)9(8)13(10,11)12/h4-6H,3H2,1-2H3,(H,10,11,12). The van der Waals surface area contributed by atoms with Crippen LogP contribution >= 0.6 is 0 Å². The maximum Gasteiger partial charge on any atom is 0.171 e. The van der Waals surface area contributed by atoms with Crippen molar-refractivity contribution in [3.05, 3.63) is 29.3 Å². The van der Waals surface area contributed by atoms with Crippen molar-refractivity contribution in [1.29, 1.82) is 0 Å². The molecule has 0 fully saturated rings. The zero-order valence-electron chi connectivity index (χ0n) is 7.61. The molecule has 1 aromatic rings. The Balaban J connectivity index is 3.50. The molecule has 0 aliphatic rings. The van der Waals surface area contributed by atoms with Crippen LogP contribution in [0.25, 0.3) is 0 Å². The second kappa shape index (κ2) is 3.74. The van der Waals surface area contributed by atoms with Crippen LogP contribution in [0.3, 0.4) is 0 Å². The first-order valence-electron chi connectivity index (χ1n) is 4.02. The summed E-state index contributed by atoms with van der Waals surface area (Å²) in [5.41, 5.74) is 1.66. The van der Waals surface area contributed by atoms with Gasteiger partial charge >= 0.3 is 0 Å². The number of rotatable bonds is 2. The van der Waals surface area contributed by atoms with Gasteiger partial charge < -0.3 is 4.55 Å². The van der Waals surface area contributed by atoms with Crippen LogP contribution < -0.4 is 0 Å². The summed E-state index contributed by atoms with van der Waals surface area (Å²) in [6.07, 6.45) is 0.727. The molecule has 0 saturated carbocycles. The molecule has 0 spiro atoms. The summed E-state index contributed by atoms with van der Waals surface area (Å²) >= 11 is 4.58. The molecule has 1 aromatic carbocycles. The molecule has 13 heavy (non-hydrogen) atoms. The second-order valence-corrected chi connectivity index (χ2v) is 5.61. The Hall–Kier alpha value is -0.450. The summed E-state index contributed by atoms with van der Waals surface area (Å²) in [7, 11) is -3.24. The van der Waals surface area contributed by atoms with Gasteiger partial charge in [-0.25, -0.2) is 4.21 Å². The van der Waals surface area contributed by atoms with E-state index in [2.05, 4.69) is 11.2 Å². The van der Waals surface area contributed by atoms with E-state index in [9.17, 15) is 8.76 Å². The van der Waals surface area contributed by atoms with Gasteiger partial charge in [0.25, 0.3) is 0 Å². The van der Waals surface area contributed by atoms with E-state index < -0.39 is 8.77 Å². The van der Waals surface area contributed by atoms with Crippen LogP contribution in [0.5, 0.6) is 0 Å². The molecule has 0 aromatic heterocycles. The third-order valence-electron chi connectivity index (χ3n) is 1.93. The van der Waals surface area contributed by atoms with Gasteiger partial charge in [-0.1, -0.05) is 25.1 Å². The largest absolute Gasteiger partial charge is 0.302 e. The molecular formula is C9H12O2S2. The van der Waals surface area contributed by atoms with E-state index in [4.69, 9.17) is 0 Å². The lowest BCUT2D eigenvalue weighted by Gasteiger charge is -2.09. The Morgan fingerprint density at radius 3 is 2.54 bits per heavy atom. The van der Waals surface area contributed by atoms with Gasteiger partial charge in [-0.05, 0) is 24.5 Å². The molecule has 1 atom stereocenters. The molecular weight excluding hydrogens is 204 g/mol. The van der Waals surface area contributed by atoms with Gasteiger partial charge in [0, 0.05) is 11.2 Å². The molecule has 0 aliphatic heterocycles. The molecule has 1 unspecified atom stereocenters. The third-order valence-corrected chi connectivity index (χ3v) is 3.53. The summed E-state index contributed by atoms with van der Waals surface area (Å²) in [4.78, 5) is 0.424. The maximum atomic E-state index is 11.4. The first-order valence-corrected chi connectivity index (χ1v) is 6.46. The molecule has 0 aliphatic carbocycles. The van der Waals surface area contributed by atoms with Crippen molar-refractivity contribution in [3.8, 4) is 0 Å². The first kappa shape index (κ1) is 10.6. The fourth-order valence-corrected chi connectivity index (χ4v) is 3.09. The molecule has 0 saturated heterocycles. The molecule has 1 rings (SSSR count). The molecule has 0 heterocycles. The molecule has 0 radical (unpaired) electrons. The van der Waals surface area contributed by atoms with E-state index in [0.29, 0.717) is 4.90 Å². The highest BCUT2D eigenvalue weighted by atomic mass is 32.8. The lowest BCUT2D eigenvalue weighted by Crippen LogP contribution is -2.03. The predicted molar refractivity (Wildman–Crippen MR) is 57.0 cm³/mol. The lowest BCUT2D eigenvalue weighted by molar-refractivity contribution is 0.560. The minimum Gasteiger partial charge on any atom is -0.302 e. The van der Waals surface area contributed by atoms with Crippen LogP contribution in [-0.2, 0) is 26.4 Å². The minimum absolute atomic E-state index is 0.424. The maximum absolute atomic E-state index is 11.4.